The van der Waals surface area contributed by atoms with Gasteiger partial charge in [0.1, 0.15) is 10.6 Å². The third-order valence-corrected chi connectivity index (χ3v) is 5.56. The van der Waals surface area contributed by atoms with E-state index in [2.05, 4.69) is 5.32 Å². The van der Waals surface area contributed by atoms with Crippen molar-refractivity contribution < 1.29 is 14.5 Å². The molecule has 0 radical (unpaired) electrons. The van der Waals surface area contributed by atoms with Gasteiger partial charge in [-0.05, 0) is 37.3 Å². The van der Waals surface area contributed by atoms with Gasteiger partial charge in [-0.15, -0.1) is 0 Å². The number of nitrogens with zero attached hydrogens (tertiary/aromatic N) is 1. The van der Waals surface area contributed by atoms with Crippen LogP contribution in [-0.2, 0) is 0 Å². The number of para-hydroxylation sites is 2. The Morgan fingerprint density at radius 3 is 2.59 bits per heavy atom. The molecule has 0 saturated heterocycles. The van der Waals surface area contributed by atoms with Crippen LogP contribution in [0.3, 0.4) is 0 Å². The van der Waals surface area contributed by atoms with Gasteiger partial charge in [-0.2, -0.15) is 0 Å². The summed E-state index contributed by atoms with van der Waals surface area (Å²) in [5, 5.41) is 14.5. The van der Waals surface area contributed by atoms with Crippen LogP contribution in [0, 0.1) is 10.1 Å². The fourth-order valence-corrected chi connectivity index (χ4v) is 3.97. The van der Waals surface area contributed by atoms with E-state index in [1.807, 2.05) is 13.0 Å². The number of halogens is 1. The van der Waals surface area contributed by atoms with Gasteiger partial charge in [0, 0.05) is 11.0 Å². The zero-order valence-electron chi connectivity index (χ0n) is 15.4. The fourth-order valence-electron chi connectivity index (χ4n) is 2.64. The third-order valence-electron chi connectivity index (χ3n) is 3.92. The van der Waals surface area contributed by atoms with Gasteiger partial charge < -0.3 is 10.1 Å². The predicted octanol–water partition coefficient (Wildman–Crippen LogP) is 6.05. The van der Waals surface area contributed by atoms with Gasteiger partial charge in [0.05, 0.1) is 27.8 Å². The molecule has 1 N–H and O–H groups in total. The van der Waals surface area contributed by atoms with Gasteiger partial charge in [-0.3, -0.25) is 14.9 Å². The Morgan fingerprint density at radius 2 is 1.83 bits per heavy atom. The number of hydrogen-bond acceptors (Lipinski definition) is 5. The molecule has 6 nitrogen and oxygen atoms in total. The first-order valence-electron chi connectivity index (χ1n) is 8.74. The maximum absolute atomic E-state index is 12.9. The summed E-state index contributed by atoms with van der Waals surface area (Å²) in [4.78, 5) is 24.6. The molecule has 0 spiro atoms. The standard InChI is InChI=1S/C21H17ClN2O4S/c1-2-28-18-12-5-4-10-16(18)23-21(25)14-8-3-6-13-19(14)29-20-15(22)9-7-11-17(20)24(26)27/h3-13H,2H2,1H3,(H,23,25). The van der Waals surface area contributed by atoms with Crippen LogP contribution in [0.5, 0.6) is 5.75 Å². The van der Waals surface area contributed by atoms with E-state index in [4.69, 9.17) is 16.3 Å². The van der Waals surface area contributed by atoms with Crippen LogP contribution in [-0.4, -0.2) is 17.4 Å². The molecule has 3 aromatic carbocycles. The van der Waals surface area contributed by atoms with Gasteiger partial charge in [-0.1, -0.05) is 53.7 Å². The summed E-state index contributed by atoms with van der Waals surface area (Å²) < 4.78 is 5.55. The first-order valence-corrected chi connectivity index (χ1v) is 9.93. The minimum absolute atomic E-state index is 0.112. The zero-order valence-corrected chi connectivity index (χ0v) is 17.0. The Hall–Kier alpha value is -3.03. The highest BCUT2D eigenvalue weighted by atomic mass is 35.5. The minimum Gasteiger partial charge on any atom is -0.492 e. The molecule has 148 valence electrons. The highest BCUT2D eigenvalue weighted by Gasteiger charge is 2.21. The number of carbonyl (C=O) groups excluding carboxylic acids is 1. The third kappa shape index (κ3) is 4.88. The lowest BCUT2D eigenvalue weighted by atomic mass is 10.2. The van der Waals surface area contributed by atoms with E-state index in [0.717, 1.165) is 11.8 Å². The largest absolute Gasteiger partial charge is 0.492 e. The van der Waals surface area contributed by atoms with Crippen molar-refractivity contribution in [3.8, 4) is 5.75 Å². The Kier molecular flexibility index (Phi) is 6.74. The molecule has 29 heavy (non-hydrogen) atoms. The molecule has 0 atom stereocenters. The molecule has 3 rings (SSSR count). The van der Waals surface area contributed by atoms with Gasteiger partial charge in [0.25, 0.3) is 11.6 Å². The first-order chi connectivity index (χ1) is 14.0. The van der Waals surface area contributed by atoms with Crippen molar-refractivity contribution in [1.82, 2.24) is 0 Å². The maximum Gasteiger partial charge on any atom is 0.284 e. The maximum atomic E-state index is 12.9. The summed E-state index contributed by atoms with van der Waals surface area (Å²) in [6, 6.07) is 18.5. The highest BCUT2D eigenvalue weighted by molar-refractivity contribution is 7.99. The molecular weight excluding hydrogens is 412 g/mol. The number of ether oxygens (including phenoxy) is 1. The van der Waals surface area contributed by atoms with Crippen LogP contribution in [0.2, 0.25) is 5.02 Å². The normalized spacial score (nSPS) is 10.4. The molecule has 0 bridgehead atoms. The predicted molar refractivity (Wildman–Crippen MR) is 114 cm³/mol. The first kappa shape index (κ1) is 20.7. The van der Waals surface area contributed by atoms with E-state index >= 15 is 0 Å². The van der Waals surface area contributed by atoms with Crippen molar-refractivity contribution in [2.75, 3.05) is 11.9 Å². The second kappa shape index (κ2) is 9.45. The van der Waals surface area contributed by atoms with E-state index in [1.165, 1.54) is 12.1 Å². The summed E-state index contributed by atoms with van der Waals surface area (Å²) in [6.45, 7) is 2.33. The lowest BCUT2D eigenvalue weighted by Crippen LogP contribution is -2.14. The van der Waals surface area contributed by atoms with Crippen molar-refractivity contribution in [2.24, 2.45) is 0 Å². The summed E-state index contributed by atoms with van der Waals surface area (Å²) in [6.07, 6.45) is 0. The number of hydrogen-bond donors (Lipinski definition) is 1. The number of carbonyl (C=O) groups is 1. The molecule has 1 amide bonds. The SMILES string of the molecule is CCOc1ccccc1NC(=O)c1ccccc1Sc1c(Cl)cccc1[N+](=O)[O-]. The van der Waals surface area contributed by atoms with Crippen LogP contribution < -0.4 is 10.1 Å². The second-order valence-corrected chi connectivity index (χ2v) is 7.29. The molecule has 0 aromatic heterocycles. The number of anilines is 1. The number of nitro groups is 1. The van der Waals surface area contributed by atoms with Gasteiger partial charge in [0.15, 0.2) is 0 Å². The van der Waals surface area contributed by atoms with Crippen molar-refractivity contribution in [1.29, 1.82) is 0 Å². The number of amides is 1. The second-order valence-electron chi connectivity index (χ2n) is 5.83. The quantitative estimate of drug-likeness (QED) is 0.366. The summed E-state index contributed by atoms with van der Waals surface area (Å²) in [5.41, 5.74) is 0.806. The summed E-state index contributed by atoms with van der Waals surface area (Å²) >= 11 is 7.28. The average molecular weight is 429 g/mol. The van der Waals surface area contributed by atoms with E-state index < -0.39 is 4.92 Å². The number of nitro benzene ring substituents is 1. The smallest absolute Gasteiger partial charge is 0.284 e. The number of benzene rings is 3. The zero-order chi connectivity index (χ0) is 20.8. The molecule has 0 saturated carbocycles. The van der Waals surface area contributed by atoms with Gasteiger partial charge in [0.2, 0.25) is 0 Å². The van der Waals surface area contributed by atoms with Crippen LogP contribution in [0.1, 0.15) is 17.3 Å². The van der Waals surface area contributed by atoms with Gasteiger partial charge >= 0.3 is 0 Å². The van der Waals surface area contributed by atoms with Gasteiger partial charge in [-0.25, -0.2) is 0 Å². The molecule has 0 aliphatic carbocycles. The number of nitrogens with one attached hydrogen (secondary N) is 1. The van der Waals surface area contributed by atoms with Crippen LogP contribution in [0.4, 0.5) is 11.4 Å². The lowest BCUT2D eigenvalue weighted by molar-refractivity contribution is -0.387. The lowest BCUT2D eigenvalue weighted by Gasteiger charge is -2.13. The van der Waals surface area contributed by atoms with E-state index in [-0.39, 0.29) is 21.5 Å². The van der Waals surface area contributed by atoms with E-state index in [0.29, 0.717) is 28.5 Å². The van der Waals surface area contributed by atoms with Crippen molar-refractivity contribution in [3.05, 3.63) is 87.4 Å². The minimum atomic E-state index is -0.491. The molecule has 8 heteroatoms. The van der Waals surface area contributed by atoms with Crippen molar-refractivity contribution >= 4 is 40.6 Å². The molecule has 3 aromatic rings. The van der Waals surface area contributed by atoms with Crippen LogP contribution in [0.25, 0.3) is 0 Å². The van der Waals surface area contributed by atoms with Crippen LogP contribution in [0.15, 0.2) is 76.5 Å². The van der Waals surface area contributed by atoms with E-state index in [1.54, 1.807) is 48.5 Å². The molecule has 0 aliphatic rings. The number of rotatable bonds is 7. The summed E-state index contributed by atoms with van der Waals surface area (Å²) in [5.74, 6) is 0.213. The molecule has 0 fully saturated rings. The highest BCUT2D eigenvalue weighted by Crippen LogP contribution is 2.41. The summed E-state index contributed by atoms with van der Waals surface area (Å²) in [7, 11) is 0. The Balaban J connectivity index is 1.93. The topological polar surface area (TPSA) is 81.5 Å². The molecular formula is C21H17ClN2O4S. The van der Waals surface area contributed by atoms with Crippen molar-refractivity contribution in [2.45, 2.75) is 16.7 Å². The molecule has 0 unspecified atom stereocenters. The fraction of sp³-hybridized carbons (Fsp3) is 0.0952. The molecule has 0 heterocycles. The van der Waals surface area contributed by atoms with Crippen molar-refractivity contribution in [3.63, 3.8) is 0 Å². The Labute approximate surface area is 177 Å². The Bertz CT molecular complexity index is 1060. The molecule has 0 aliphatic heterocycles. The Morgan fingerprint density at radius 1 is 1.10 bits per heavy atom. The van der Waals surface area contributed by atoms with E-state index in [9.17, 15) is 14.9 Å². The monoisotopic (exact) mass is 428 g/mol. The average Bonchev–Trinajstić information content (AvgIpc) is 2.71. The van der Waals surface area contributed by atoms with Crippen LogP contribution >= 0.6 is 23.4 Å².